The van der Waals surface area contributed by atoms with E-state index in [0.717, 1.165) is 24.0 Å². The molecule has 2 nitrogen and oxygen atoms in total. The Bertz CT molecular complexity index is 377. The largest absolute Gasteiger partial charge is 0.310 e. The zero-order chi connectivity index (χ0) is 15.7. The molecular formula is C18H31BrN2. The summed E-state index contributed by atoms with van der Waals surface area (Å²) in [7, 11) is 2.25. The van der Waals surface area contributed by atoms with Gasteiger partial charge in [-0.2, -0.15) is 0 Å². The van der Waals surface area contributed by atoms with Crippen LogP contribution in [0, 0.1) is 0 Å². The second-order valence-corrected chi connectivity index (χ2v) is 6.88. The van der Waals surface area contributed by atoms with E-state index in [0.29, 0.717) is 12.1 Å². The van der Waals surface area contributed by atoms with Gasteiger partial charge in [-0.1, -0.05) is 48.3 Å². The maximum absolute atomic E-state index is 3.69. The summed E-state index contributed by atoms with van der Waals surface area (Å²) < 4.78 is 1.15. The predicted octanol–water partition coefficient (Wildman–Crippen LogP) is 5.00. The summed E-state index contributed by atoms with van der Waals surface area (Å²) in [5.41, 5.74) is 1.39. The van der Waals surface area contributed by atoms with Crippen LogP contribution in [0.2, 0.25) is 0 Å². The molecule has 1 aromatic rings. The molecule has 120 valence electrons. The first-order valence-electron chi connectivity index (χ1n) is 8.27. The lowest BCUT2D eigenvalue weighted by atomic mass is 10.0. The maximum atomic E-state index is 3.69. The Kier molecular flexibility index (Phi) is 9.21. The number of benzene rings is 1. The lowest BCUT2D eigenvalue weighted by Gasteiger charge is -2.27. The molecule has 0 amide bonds. The molecule has 0 aliphatic carbocycles. The molecule has 0 aliphatic heterocycles. The number of hydrogen-bond donors (Lipinski definition) is 1. The van der Waals surface area contributed by atoms with Gasteiger partial charge in [0.15, 0.2) is 0 Å². The van der Waals surface area contributed by atoms with E-state index in [9.17, 15) is 0 Å². The van der Waals surface area contributed by atoms with Crippen LogP contribution in [0.25, 0.3) is 0 Å². The molecule has 3 heteroatoms. The molecule has 0 spiro atoms. The van der Waals surface area contributed by atoms with Gasteiger partial charge in [0.05, 0.1) is 0 Å². The van der Waals surface area contributed by atoms with E-state index in [4.69, 9.17) is 0 Å². The molecule has 0 radical (unpaired) electrons. The third kappa shape index (κ3) is 6.94. The lowest BCUT2D eigenvalue weighted by molar-refractivity contribution is 0.231. The molecule has 2 unspecified atom stereocenters. The lowest BCUT2D eigenvalue weighted by Crippen LogP contribution is -2.33. The Balaban J connectivity index is 2.59. The maximum Gasteiger partial charge on any atom is 0.0332 e. The zero-order valence-electron chi connectivity index (χ0n) is 14.0. The van der Waals surface area contributed by atoms with Crippen LogP contribution in [-0.4, -0.2) is 31.1 Å². The summed E-state index contributed by atoms with van der Waals surface area (Å²) in [6, 6.07) is 9.86. The van der Waals surface area contributed by atoms with Gasteiger partial charge >= 0.3 is 0 Å². The highest BCUT2D eigenvalue weighted by Gasteiger charge is 2.14. The standard InChI is InChI=1S/C18H31BrN2/c1-5-7-15(3)21(4)14-12-18(20-13-6-2)16-8-10-17(19)11-9-16/h8-11,15,18,20H,5-7,12-14H2,1-4H3. The van der Waals surface area contributed by atoms with Crippen LogP contribution < -0.4 is 5.32 Å². The molecule has 1 N–H and O–H groups in total. The summed E-state index contributed by atoms with van der Waals surface area (Å²) in [4.78, 5) is 2.49. The Labute approximate surface area is 139 Å². The van der Waals surface area contributed by atoms with Gasteiger partial charge in [-0.05, 0) is 64.0 Å². The summed E-state index contributed by atoms with van der Waals surface area (Å²) >= 11 is 3.52. The average molecular weight is 355 g/mol. The van der Waals surface area contributed by atoms with E-state index in [1.807, 2.05) is 0 Å². The predicted molar refractivity (Wildman–Crippen MR) is 96.8 cm³/mol. The fraction of sp³-hybridized carbons (Fsp3) is 0.667. The van der Waals surface area contributed by atoms with Crippen molar-refractivity contribution in [3.8, 4) is 0 Å². The highest BCUT2D eigenvalue weighted by molar-refractivity contribution is 9.10. The molecule has 0 heterocycles. The van der Waals surface area contributed by atoms with Crippen molar-refractivity contribution in [3.05, 3.63) is 34.3 Å². The van der Waals surface area contributed by atoms with Crippen molar-refractivity contribution in [2.45, 2.75) is 58.5 Å². The van der Waals surface area contributed by atoms with Crippen LogP contribution in [0.5, 0.6) is 0 Å². The summed E-state index contributed by atoms with van der Waals surface area (Å²) in [5, 5.41) is 3.69. The Morgan fingerprint density at radius 2 is 1.76 bits per heavy atom. The number of nitrogens with one attached hydrogen (secondary N) is 1. The molecule has 0 aromatic heterocycles. The van der Waals surface area contributed by atoms with E-state index in [1.165, 1.54) is 24.8 Å². The van der Waals surface area contributed by atoms with Crippen molar-refractivity contribution < 1.29 is 0 Å². The van der Waals surface area contributed by atoms with E-state index in [1.54, 1.807) is 0 Å². The molecule has 0 aliphatic rings. The topological polar surface area (TPSA) is 15.3 Å². The minimum Gasteiger partial charge on any atom is -0.310 e. The van der Waals surface area contributed by atoms with Crippen LogP contribution in [0.1, 0.15) is 58.1 Å². The fourth-order valence-electron chi connectivity index (χ4n) is 2.59. The first-order valence-corrected chi connectivity index (χ1v) is 9.06. The normalized spacial score (nSPS) is 14.4. The van der Waals surface area contributed by atoms with Crippen molar-refractivity contribution in [2.24, 2.45) is 0 Å². The molecule has 21 heavy (non-hydrogen) atoms. The molecular weight excluding hydrogens is 324 g/mol. The average Bonchev–Trinajstić information content (AvgIpc) is 2.48. The van der Waals surface area contributed by atoms with E-state index in [2.05, 4.69) is 78.2 Å². The first kappa shape index (κ1) is 18.7. The highest BCUT2D eigenvalue weighted by Crippen LogP contribution is 2.20. The summed E-state index contributed by atoms with van der Waals surface area (Å²) in [6.45, 7) is 9.03. The van der Waals surface area contributed by atoms with Gasteiger partial charge in [0, 0.05) is 16.6 Å². The van der Waals surface area contributed by atoms with Crippen LogP contribution in [0.4, 0.5) is 0 Å². The second-order valence-electron chi connectivity index (χ2n) is 5.97. The van der Waals surface area contributed by atoms with Crippen molar-refractivity contribution >= 4 is 15.9 Å². The van der Waals surface area contributed by atoms with Crippen molar-refractivity contribution in [1.29, 1.82) is 0 Å². The van der Waals surface area contributed by atoms with Gasteiger partial charge < -0.3 is 10.2 Å². The monoisotopic (exact) mass is 354 g/mol. The van der Waals surface area contributed by atoms with Gasteiger partial charge in [0.25, 0.3) is 0 Å². The molecule has 0 saturated carbocycles. The molecule has 1 rings (SSSR count). The van der Waals surface area contributed by atoms with Crippen LogP contribution in [-0.2, 0) is 0 Å². The molecule has 0 fully saturated rings. The van der Waals surface area contributed by atoms with E-state index < -0.39 is 0 Å². The van der Waals surface area contributed by atoms with Gasteiger partial charge in [0.1, 0.15) is 0 Å². The third-order valence-electron chi connectivity index (χ3n) is 4.14. The molecule has 1 aromatic carbocycles. The fourth-order valence-corrected chi connectivity index (χ4v) is 2.86. The van der Waals surface area contributed by atoms with Gasteiger partial charge in [0.2, 0.25) is 0 Å². The van der Waals surface area contributed by atoms with Crippen molar-refractivity contribution in [3.63, 3.8) is 0 Å². The van der Waals surface area contributed by atoms with Gasteiger partial charge in [-0.3, -0.25) is 0 Å². The summed E-state index contributed by atoms with van der Waals surface area (Å²) in [5.74, 6) is 0. The SMILES string of the molecule is CCCNC(CCN(C)C(C)CCC)c1ccc(Br)cc1. The van der Waals surface area contributed by atoms with Crippen LogP contribution >= 0.6 is 15.9 Å². The third-order valence-corrected chi connectivity index (χ3v) is 4.67. The number of hydrogen-bond acceptors (Lipinski definition) is 2. The number of halogens is 1. The van der Waals surface area contributed by atoms with Gasteiger partial charge in [-0.25, -0.2) is 0 Å². The van der Waals surface area contributed by atoms with Crippen molar-refractivity contribution in [1.82, 2.24) is 10.2 Å². The smallest absolute Gasteiger partial charge is 0.0332 e. The zero-order valence-corrected chi connectivity index (χ0v) is 15.6. The quantitative estimate of drug-likeness (QED) is 0.635. The van der Waals surface area contributed by atoms with Crippen LogP contribution in [0.15, 0.2) is 28.7 Å². The molecule has 0 bridgehead atoms. The Morgan fingerprint density at radius 1 is 1.10 bits per heavy atom. The Morgan fingerprint density at radius 3 is 2.33 bits per heavy atom. The first-order chi connectivity index (χ1) is 10.1. The number of rotatable bonds is 10. The molecule has 2 atom stereocenters. The highest BCUT2D eigenvalue weighted by atomic mass is 79.9. The minimum atomic E-state index is 0.453. The number of nitrogens with zero attached hydrogens (tertiary/aromatic N) is 1. The van der Waals surface area contributed by atoms with E-state index in [-0.39, 0.29) is 0 Å². The Hall–Kier alpha value is -0.380. The summed E-state index contributed by atoms with van der Waals surface area (Å²) in [6.07, 6.45) is 4.87. The van der Waals surface area contributed by atoms with E-state index >= 15 is 0 Å². The van der Waals surface area contributed by atoms with Gasteiger partial charge in [-0.15, -0.1) is 0 Å². The van der Waals surface area contributed by atoms with Crippen molar-refractivity contribution in [2.75, 3.05) is 20.1 Å². The molecule has 0 saturated heterocycles. The minimum absolute atomic E-state index is 0.453. The van der Waals surface area contributed by atoms with Crippen LogP contribution in [0.3, 0.4) is 0 Å². The second kappa shape index (κ2) is 10.4.